The number of rotatable bonds is 7. The van der Waals surface area contributed by atoms with Gasteiger partial charge in [0.25, 0.3) is 0 Å². The summed E-state index contributed by atoms with van der Waals surface area (Å²) >= 11 is 5.64. The summed E-state index contributed by atoms with van der Waals surface area (Å²) < 4.78 is 0. The first-order chi connectivity index (χ1) is 11.4. The Hall–Kier alpha value is -1.27. The van der Waals surface area contributed by atoms with Crippen LogP contribution in [0.25, 0.3) is 6.08 Å². The first-order valence-electron chi connectivity index (χ1n) is 8.99. The third kappa shape index (κ3) is 5.70. The van der Waals surface area contributed by atoms with Crippen molar-refractivity contribution in [3.05, 3.63) is 65.3 Å². The molecule has 0 aromatic heterocycles. The highest BCUT2D eigenvalue weighted by Gasteiger charge is 2.19. The lowest BCUT2D eigenvalue weighted by Crippen LogP contribution is -2.08. The molecule has 0 radical (unpaired) electrons. The maximum atomic E-state index is 5.64. The second-order valence-electron chi connectivity index (χ2n) is 6.30. The molecule has 0 bridgehead atoms. The Morgan fingerprint density at radius 2 is 1.87 bits per heavy atom. The van der Waals surface area contributed by atoms with Crippen LogP contribution in [0, 0.1) is 0 Å². The highest BCUT2D eigenvalue weighted by Crippen LogP contribution is 2.36. The lowest BCUT2D eigenvalue weighted by molar-refractivity contribution is 0.441. The van der Waals surface area contributed by atoms with Crippen molar-refractivity contribution in [1.29, 1.82) is 0 Å². The molecule has 1 heteroatoms. The van der Waals surface area contributed by atoms with Crippen LogP contribution in [0.5, 0.6) is 0 Å². The van der Waals surface area contributed by atoms with Crippen molar-refractivity contribution in [2.24, 2.45) is 0 Å². The summed E-state index contributed by atoms with van der Waals surface area (Å²) in [5.74, 6) is 1.35. The van der Waals surface area contributed by atoms with Crippen LogP contribution in [0.2, 0.25) is 0 Å². The van der Waals surface area contributed by atoms with Gasteiger partial charge in [-0.1, -0.05) is 73.9 Å². The first kappa shape index (κ1) is 18.1. The van der Waals surface area contributed by atoms with Crippen LogP contribution in [0.1, 0.15) is 68.1 Å². The normalized spacial score (nSPS) is 17.0. The van der Waals surface area contributed by atoms with E-state index in [9.17, 15) is 0 Å². The Bertz CT molecular complexity index is 545. The summed E-state index contributed by atoms with van der Waals surface area (Å²) in [7, 11) is 0. The van der Waals surface area contributed by atoms with E-state index in [1.807, 2.05) is 12.2 Å². The van der Waals surface area contributed by atoms with Gasteiger partial charge in [0, 0.05) is 5.88 Å². The molecule has 1 aliphatic rings. The van der Waals surface area contributed by atoms with Crippen molar-refractivity contribution in [3.63, 3.8) is 0 Å². The van der Waals surface area contributed by atoms with Gasteiger partial charge in [-0.3, -0.25) is 0 Å². The van der Waals surface area contributed by atoms with Gasteiger partial charge < -0.3 is 0 Å². The Labute approximate surface area is 146 Å². The average Bonchev–Trinajstić information content (AvgIpc) is 2.60. The largest absolute Gasteiger partial charge is 0.122 e. The fourth-order valence-corrected chi connectivity index (χ4v) is 3.68. The van der Waals surface area contributed by atoms with E-state index in [0.717, 1.165) is 18.8 Å². The molecule has 0 aliphatic heterocycles. The van der Waals surface area contributed by atoms with Crippen LogP contribution in [0.15, 0.2) is 48.6 Å². The number of hydrogen-bond acceptors (Lipinski definition) is 0. The first-order valence-corrected chi connectivity index (χ1v) is 9.52. The fourth-order valence-electron chi connectivity index (χ4n) is 3.58. The van der Waals surface area contributed by atoms with Gasteiger partial charge in [0.05, 0.1) is 0 Å². The topological polar surface area (TPSA) is 0 Å². The predicted molar refractivity (Wildman–Crippen MR) is 104 cm³/mol. The molecule has 0 N–H and O–H groups in total. The van der Waals surface area contributed by atoms with Gasteiger partial charge >= 0.3 is 0 Å². The molecule has 2 rings (SSSR count). The van der Waals surface area contributed by atoms with Crippen molar-refractivity contribution < 1.29 is 0 Å². The maximum absolute atomic E-state index is 5.64. The minimum Gasteiger partial charge on any atom is -0.122 e. The molecular weight excluding hydrogens is 300 g/mol. The summed E-state index contributed by atoms with van der Waals surface area (Å²) in [6, 6.07) is 6.87. The SMILES string of the molecule is C/C=C\c1cccc(C2CCCCC2)c1CC/C=C\C=C/CCl. The number of halogens is 1. The van der Waals surface area contributed by atoms with Gasteiger partial charge in [0.1, 0.15) is 0 Å². The number of allylic oxidation sites excluding steroid dienone is 5. The van der Waals surface area contributed by atoms with E-state index in [1.54, 1.807) is 11.1 Å². The molecule has 1 aromatic carbocycles. The van der Waals surface area contributed by atoms with Crippen LogP contribution in [-0.4, -0.2) is 5.88 Å². The van der Waals surface area contributed by atoms with Crippen LogP contribution < -0.4 is 0 Å². The quantitative estimate of drug-likeness (QED) is 0.371. The van der Waals surface area contributed by atoms with E-state index in [1.165, 1.54) is 37.7 Å². The Morgan fingerprint density at radius 1 is 1.09 bits per heavy atom. The molecule has 0 spiro atoms. The van der Waals surface area contributed by atoms with Gasteiger partial charge in [-0.2, -0.15) is 0 Å². The van der Waals surface area contributed by atoms with Crippen LogP contribution in [0.3, 0.4) is 0 Å². The number of alkyl halides is 1. The molecule has 0 amide bonds. The van der Waals surface area contributed by atoms with Crippen molar-refractivity contribution in [1.82, 2.24) is 0 Å². The zero-order chi connectivity index (χ0) is 16.3. The van der Waals surface area contributed by atoms with Crippen molar-refractivity contribution in [2.75, 3.05) is 5.88 Å². The van der Waals surface area contributed by atoms with Crippen LogP contribution >= 0.6 is 11.6 Å². The van der Waals surface area contributed by atoms with E-state index < -0.39 is 0 Å². The smallest absolute Gasteiger partial charge is 0.0407 e. The maximum Gasteiger partial charge on any atom is 0.0407 e. The summed E-state index contributed by atoms with van der Waals surface area (Å²) in [6.45, 7) is 2.11. The second kappa shape index (κ2) is 10.5. The van der Waals surface area contributed by atoms with Crippen molar-refractivity contribution >= 4 is 17.7 Å². The number of hydrogen-bond donors (Lipinski definition) is 0. The van der Waals surface area contributed by atoms with Gasteiger partial charge in [0.2, 0.25) is 0 Å². The van der Waals surface area contributed by atoms with Gasteiger partial charge in [-0.25, -0.2) is 0 Å². The molecule has 1 aromatic rings. The molecule has 1 saturated carbocycles. The molecule has 124 valence electrons. The molecule has 1 fully saturated rings. The molecule has 0 nitrogen and oxygen atoms in total. The standard InChI is InChI=1S/C22H29Cl/c1-2-12-19-15-11-17-22(20-13-7-6-8-14-20)21(19)16-9-4-3-5-10-18-23/h2-5,10-12,15,17,20H,6-9,13-14,16,18H2,1H3/b4-3-,10-5-,12-2-. The van der Waals surface area contributed by atoms with E-state index in [4.69, 9.17) is 11.6 Å². The molecule has 0 heterocycles. The molecule has 0 atom stereocenters. The predicted octanol–water partition coefficient (Wildman–Crippen LogP) is 7.05. The lowest BCUT2D eigenvalue weighted by atomic mass is 9.80. The van der Waals surface area contributed by atoms with E-state index >= 15 is 0 Å². The molecule has 0 saturated heterocycles. The third-order valence-corrected chi connectivity index (χ3v) is 4.85. The molecule has 1 aliphatic carbocycles. The van der Waals surface area contributed by atoms with Crippen LogP contribution in [0.4, 0.5) is 0 Å². The van der Waals surface area contributed by atoms with Crippen LogP contribution in [-0.2, 0) is 6.42 Å². The van der Waals surface area contributed by atoms with E-state index in [2.05, 4.69) is 49.4 Å². The highest BCUT2D eigenvalue weighted by atomic mass is 35.5. The Balaban J connectivity index is 2.15. The summed E-state index contributed by atoms with van der Waals surface area (Å²) in [6.07, 6.45) is 21.9. The monoisotopic (exact) mass is 328 g/mol. The van der Waals surface area contributed by atoms with Crippen molar-refractivity contribution in [3.8, 4) is 0 Å². The Kier molecular flexibility index (Phi) is 8.25. The highest BCUT2D eigenvalue weighted by molar-refractivity contribution is 6.18. The average molecular weight is 329 g/mol. The molecule has 23 heavy (non-hydrogen) atoms. The van der Waals surface area contributed by atoms with Gasteiger partial charge in [-0.15, -0.1) is 11.6 Å². The molecule has 0 unspecified atom stereocenters. The second-order valence-corrected chi connectivity index (χ2v) is 6.61. The van der Waals surface area contributed by atoms with Gasteiger partial charge in [-0.05, 0) is 55.2 Å². The lowest BCUT2D eigenvalue weighted by Gasteiger charge is -2.25. The van der Waals surface area contributed by atoms with Gasteiger partial charge in [0.15, 0.2) is 0 Å². The number of benzene rings is 1. The minimum absolute atomic E-state index is 0.584. The fraction of sp³-hybridized carbons (Fsp3) is 0.455. The Morgan fingerprint density at radius 3 is 2.61 bits per heavy atom. The van der Waals surface area contributed by atoms with E-state index in [0.29, 0.717) is 5.88 Å². The van der Waals surface area contributed by atoms with E-state index in [-0.39, 0.29) is 0 Å². The summed E-state index contributed by atoms with van der Waals surface area (Å²) in [4.78, 5) is 0. The zero-order valence-electron chi connectivity index (χ0n) is 14.3. The zero-order valence-corrected chi connectivity index (χ0v) is 15.1. The summed E-state index contributed by atoms with van der Waals surface area (Å²) in [5.41, 5.74) is 4.56. The van der Waals surface area contributed by atoms with Crippen molar-refractivity contribution in [2.45, 2.75) is 57.8 Å². The summed E-state index contributed by atoms with van der Waals surface area (Å²) in [5, 5.41) is 0. The third-order valence-electron chi connectivity index (χ3n) is 4.67. The molecular formula is C22H29Cl. The minimum atomic E-state index is 0.584.